The number of imide groups is 2. The van der Waals surface area contributed by atoms with Crippen LogP contribution in [0.15, 0.2) is 52.5 Å². The van der Waals surface area contributed by atoms with Crippen LogP contribution in [0.2, 0.25) is 5.02 Å². The van der Waals surface area contributed by atoms with Gasteiger partial charge < -0.3 is 14.9 Å². The van der Waals surface area contributed by atoms with Gasteiger partial charge in [-0.15, -0.1) is 11.3 Å². The lowest BCUT2D eigenvalue weighted by Gasteiger charge is -2.49. The smallest absolute Gasteiger partial charge is 0.305 e. The number of aromatic hydroxyl groups is 1. The minimum Gasteiger partial charge on any atom is -0.504 e. The third kappa shape index (κ3) is 5.12. The quantitative estimate of drug-likeness (QED) is 0.158. The minimum atomic E-state index is -1.43. The van der Waals surface area contributed by atoms with Crippen LogP contribution in [0.5, 0.6) is 11.5 Å². The molecule has 6 atom stereocenters. The number of phenolic OH excluding ortho intramolecular Hbond substituents is 1. The summed E-state index contributed by atoms with van der Waals surface area (Å²) in [7, 11) is 3.09. The predicted molar refractivity (Wildman–Crippen MR) is 200 cm³/mol. The highest BCUT2D eigenvalue weighted by atomic mass is 79.9. The van der Waals surface area contributed by atoms with E-state index in [1.165, 1.54) is 28.0 Å². The Labute approximate surface area is 321 Å². The zero-order valence-electron chi connectivity index (χ0n) is 29.1. The number of carboxylic acids is 1. The average molecular weight is 822 g/mol. The lowest BCUT2D eigenvalue weighted by atomic mass is 9.51. The summed E-state index contributed by atoms with van der Waals surface area (Å²) in [5, 5.41) is 27.3. The fraction of sp³-hybridized carbons (Fsp3) is 0.368. The summed E-state index contributed by atoms with van der Waals surface area (Å²) in [6, 6.07) is 10.7. The predicted octanol–water partition coefficient (Wildman–Crippen LogP) is 6.45. The molecule has 53 heavy (non-hydrogen) atoms. The maximum Gasteiger partial charge on any atom is 0.305 e. The van der Waals surface area contributed by atoms with Crippen molar-refractivity contribution in [2.24, 2.45) is 36.1 Å². The number of halogens is 2. The molecule has 3 fully saturated rings. The monoisotopic (exact) mass is 820 g/mol. The Kier molecular flexibility index (Phi) is 8.39. The fourth-order valence-electron chi connectivity index (χ4n) is 9.26. The number of thiophene rings is 1. The summed E-state index contributed by atoms with van der Waals surface area (Å²) in [6.45, 7) is 3.46. The zero-order chi connectivity index (χ0) is 37.8. The molecule has 2 N–H and O–H groups in total. The number of likely N-dealkylation sites (tertiary alicyclic amines) is 1. The summed E-state index contributed by atoms with van der Waals surface area (Å²) in [4.78, 5) is 71.9. The molecule has 0 spiro atoms. The molecule has 0 unspecified atom stereocenters. The first kappa shape index (κ1) is 35.5. The van der Waals surface area contributed by atoms with E-state index in [1.54, 1.807) is 32.2 Å². The molecule has 2 aliphatic carbocycles. The van der Waals surface area contributed by atoms with Gasteiger partial charge in [0.2, 0.25) is 23.6 Å². The molecule has 4 aliphatic rings. The highest BCUT2D eigenvalue weighted by molar-refractivity contribution is 9.10. The first-order valence-electron chi connectivity index (χ1n) is 17.1. The van der Waals surface area contributed by atoms with Crippen molar-refractivity contribution in [1.82, 2.24) is 14.7 Å². The van der Waals surface area contributed by atoms with Gasteiger partial charge in [-0.3, -0.25) is 33.6 Å². The average Bonchev–Trinajstić information content (AvgIpc) is 3.78. The number of methoxy groups -OCH3 is 1. The molecule has 2 aliphatic heterocycles. The van der Waals surface area contributed by atoms with Crippen LogP contribution in [-0.2, 0) is 31.0 Å². The number of carboxylic acid groups (broad SMARTS) is 1. The lowest BCUT2D eigenvalue weighted by molar-refractivity contribution is -0.142. The van der Waals surface area contributed by atoms with Gasteiger partial charge in [0.05, 0.1) is 41.6 Å². The van der Waals surface area contributed by atoms with Gasteiger partial charge in [0.15, 0.2) is 11.5 Å². The van der Waals surface area contributed by atoms with Crippen LogP contribution < -0.4 is 9.64 Å². The van der Waals surface area contributed by atoms with Crippen molar-refractivity contribution in [3.8, 4) is 22.1 Å². The second-order valence-corrected chi connectivity index (χ2v) is 16.8. The topological polar surface area (TPSA) is 159 Å². The van der Waals surface area contributed by atoms with E-state index in [9.17, 15) is 29.4 Å². The van der Waals surface area contributed by atoms with E-state index >= 15 is 4.79 Å². The maximum atomic E-state index is 15.1. The van der Waals surface area contributed by atoms with Crippen LogP contribution in [0, 0.1) is 36.0 Å². The summed E-state index contributed by atoms with van der Waals surface area (Å²) >= 11 is 11.3. The van der Waals surface area contributed by atoms with E-state index in [4.69, 9.17) is 21.4 Å². The normalized spacial score (nSPS) is 26.6. The van der Waals surface area contributed by atoms with E-state index < -0.39 is 64.6 Å². The molecule has 12 nitrogen and oxygen atoms in total. The van der Waals surface area contributed by atoms with Crippen LogP contribution in [0.1, 0.15) is 43.2 Å². The maximum absolute atomic E-state index is 15.1. The number of amides is 4. The first-order valence-corrected chi connectivity index (χ1v) is 19.1. The molecule has 0 radical (unpaired) electrons. The zero-order valence-corrected chi connectivity index (χ0v) is 32.2. The molecule has 274 valence electrons. The number of rotatable bonds is 7. The summed E-state index contributed by atoms with van der Waals surface area (Å²) < 4.78 is 8.60. The second kappa shape index (κ2) is 12.5. The first-order chi connectivity index (χ1) is 25.2. The van der Waals surface area contributed by atoms with Gasteiger partial charge in [0.25, 0.3) is 0 Å². The third-order valence-corrected chi connectivity index (χ3v) is 13.7. The Morgan fingerprint density at radius 2 is 1.87 bits per heavy atom. The number of hydrogen-bond donors (Lipinski definition) is 2. The second-order valence-electron chi connectivity index (χ2n) is 14.4. The summed E-state index contributed by atoms with van der Waals surface area (Å²) in [5.41, 5.74) is 1.13. The Morgan fingerprint density at radius 3 is 2.58 bits per heavy atom. The molecule has 2 saturated heterocycles. The largest absolute Gasteiger partial charge is 0.504 e. The van der Waals surface area contributed by atoms with Crippen molar-refractivity contribution in [2.45, 2.75) is 39.0 Å². The molecule has 1 saturated carbocycles. The Hall–Kier alpha value is -4.53. The number of carbonyl (C=O) groups excluding carboxylic acids is 4. The molecular formula is C38H34BrClN4O8S. The number of aromatic nitrogens is 2. The molecular weight excluding hydrogens is 788 g/mol. The number of fused-ring (bicyclic) bond motifs is 5. The van der Waals surface area contributed by atoms with Gasteiger partial charge in [-0.2, -0.15) is 5.10 Å². The molecule has 8 rings (SSSR count). The van der Waals surface area contributed by atoms with Crippen LogP contribution >= 0.6 is 38.9 Å². The van der Waals surface area contributed by atoms with Gasteiger partial charge >= 0.3 is 5.97 Å². The molecule has 4 amide bonds. The number of ether oxygens (including phenoxy) is 1. The highest BCUT2D eigenvalue weighted by Crippen LogP contribution is 2.65. The van der Waals surface area contributed by atoms with Crippen molar-refractivity contribution in [1.29, 1.82) is 0 Å². The number of carbonyl (C=O) groups is 5. The molecule has 4 heterocycles. The van der Waals surface area contributed by atoms with Crippen molar-refractivity contribution < 1.29 is 38.9 Å². The summed E-state index contributed by atoms with van der Waals surface area (Å²) in [5.74, 6) is -6.86. The number of hydrogen-bond acceptors (Lipinski definition) is 9. The minimum absolute atomic E-state index is 0.0969. The highest BCUT2D eigenvalue weighted by Gasteiger charge is 2.68. The van der Waals surface area contributed by atoms with Gasteiger partial charge in [0, 0.05) is 45.3 Å². The molecule has 2 aromatic carbocycles. The van der Waals surface area contributed by atoms with Crippen molar-refractivity contribution in [3.05, 3.63) is 68.7 Å². The molecule has 0 bridgehead atoms. The number of nitrogens with zero attached hydrogens (tertiary/aromatic N) is 4. The number of allylic oxidation sites excluding steroid dienone is 2. The molecule has 2 aromatic heterocycles. The Balaban J connectivity index is 1.26. The van der Waals surface area contributed by atoms with Gasteiger partial charge in [-0.05, 0) is 73.9 Å². The number of aryl methyl sites for hydroxylation is 2. The Morgan fingerprint density at radius 1 is 1.11 bits per heavy atom. The van der Waals surface area contributed by atoms with Crippen LogP contribution in [0.25, 0.3) is 20.7 Å². The SMILES string of the molecule is COc1cc(Br)cc([C@H]2C3=CC[C@@H]4C(=O)N(CCC(=O)O)C(=O)[C@@H]4[C@@H]3C[C@H]3C(=O)N(c4cc(-c5sc6ccc(Cl)cc6c5C)nn4C)C(=O)[C@@]23C)c1O. The summed E-state index contributed by atoms with van der Waals surface area (Å²) in [6.07, 6.45) is 1.76. The molecule has 4 aromatic rings. The van der Waals surface area contributed by atoms with Crippen LogP contribution in [0.3, 0.4) is 0 Å². The fourth-order valence-corrected chi connectivity index (χ4v) is 11.0. The van der Waals surface area contributed by atoms with Gasteiger partial charge in [-0.25, -0.2) is 4.90 Å². The van der Waals surface area contributed by atoms with E-state index in [0.29, 0.717) is 26.3 Å². The van der Waals surface area contributed by atoms with E-state index in [0.717, 1.165) is 25.4 Å². The van der Waals surface area contributed by atoms with Crippen molar-refractivity contribution in [3.63, 3.8) is 0 Å². The Bertz CT molecular complexity index is 2350. The van der Waals surface area contributed by atoms with Gasteiger partial charge in [-0.1, -0.05) is 39.2 Å². The van der Waals surface area contributed by atoms with E-state index in [-0.39, 0.29) is 43.1 Å². The third-order valence-electron chi connectivity index (χ3n) is 11.7. The standard InChI is InChI=1S/C38H34BrClN4O8S/c1-16-21-13-18(40)5-8-27(21)53-33(16)25-15-28(42(3)41-25)44-35(49)24-14-22-19(6-7-20-30(22)36(50)43(34(20)48)10-9-29(45)46)31(38(24,2)37(44)51)23-11-17(39)12-26(52-4)32(23)47/h5-6,8,11-13,15,20,22,24,30-31,47H,7,9-10,14H2,1-4H3,(H,45,46)/t20-,22+,24-,30-,31+,38+/m0/s1. The number of benzene rings is 2. The van der Waals surface area contributed by atoms with E-state index in [1.807, 2.05) is 31.2 Å². The van der Waals surface area contributed by atoms with Crippen molar-refractivity contribution in [2.75, 3.05) is 18.6 Å². The van der Waals surface area contributed by atoms with Crippen LogP contribution in [-0.4, -0.2) is 68.1 Å². The molecule has 15 heteroatoms. The van der Waals surface area contributed by atoms with Crippen LogP contribution in [0.4, 0.5) is 5.82 Å². The van der Waals surface area contributed by atoms with Gasteiger partial charge in [0.1, 0.15) is 11.5 Å². The number of aliphatic carboxylic acids is 1. The lowest BCUT2D eigenvalue weighted by Crippen LogP contribution is -2.49. The van der Waals surface area contributed by atoms with E-state index in [2.05, 4.69) is 15.9 Å². The number of anilines is 1. The van der Waals surface area contributed by atoms with Crippen molar-refractivity contribution >= 4 is 84.4 Å². The number of phenols is 1.